The first kappa shape index (κ1) is 16.3. The number of halogens is 1. The maximum Gasteiger partial charge on any atom is 0.00103 e. The highest BCUT2D eigenvalue weighted by molar-refractivity contribution is 5.85. The van der Waals surface area contributed by atoms with Crippen molar-refractivity contribution >= 4 is 12.4 Å². The Morgan fingerprint density at radius 1 is 0.889 bits per heavy atom. The molecule has 1 unspecified atom stereocenters. The molecule has 2 fully saturated rings. The highest BCUT2D eigenvalue weighted by Gasteiger charge is 2.22. The van der Waals surface area contributed by atoms with Crippen LogP contribution in [-0.2, 0) is 0 Å². The van der Waals surface area contributed by atoms with Gasteiger partial charge in [-0.05, 0) is 57.0 Å². The summed E-state index contributed by atoms with van der Waals surface area (Å²) in [4.78, 5) is 2.74. The van der Waals surface area contributed by atoms with Gasteiger partial charge in [-0.1, -0.05) is 25.7 Å². The van der Waals surface area contributed by atoms with Crippen LogP contribution in [-0.4, -0.2) is 31.1 Å². The van der Waals surface area contributed by atoms with Gasteiger partial charge in [0.25, 0.3) is 0 Å². The van der Waals surface area contributed by atoms with Crippen LogP contribution >= 0.6 is 12.4 Å². The molecule has 0 radical (unpaired) electrons. The molecule has 108 valence electrons. The lowest BCUT2D eigenvalue weighted by molar-refractivity contribution is 0.142. The Morgan fingerprint density at radius 3 is 2.22 bits per heavy atom. The van der Waals surface area contributed by atoms with Crippen molar-refractivity contribution in [1.29, 1.82) is 0 Å². The Balaban J connectivity index is 0.00000162. The third-order valence-electron chi connectivity index (χ3n) is 4.67. The van der Waals surface area contributed by atoms with Gasteiger partial charge in [0.15, 0.2) is 0 Å². The topological polar surface area (TPSA) is 29.3 Å². The molecule has 1 saturated carbocycles. The van der Waals surface area contributed by atoms with Crippen molar-refractivity contribution in [2.45, 2.75) is 57.8 Å². The van der Waals surface area contributed by atoms with Crippen LogP contribution in [0.3, 0.4) is 0 Å². The van der Waals surface area contributed by atoms with Gasteiger partial charge in [-0.3, -0.25) is 0 Å². The average Bonchev–Trinajstić information content (AvgIpc) is 2.59. The van der Waals surface area contributed by atoms with Crippen LogP contribution in [0, 0.1) is 11.8 Å². The minimum Gasteiger partial charge on any atom is -0.330 e. The Labute approximate surface area is 119 Å². The number of hydrogen-bond acceptors (Lipinski definition) is 2. The van der Waals surface area contributed by atoms with Crippen molar-refractivity contribution in [2.75, 3.05) is 26.2 Å². The lowest BCUT2D eigenvalue weighted by Crippen LogP contribution is -2.39. The van der Waals surface area contributed by atoms with E-state index in [4.69, 9.17) is 5.73 Å². The quantitative estimate of drug-likeness (QED) is 0.796. The van der Waals surface area contributed by atoms with Gasteiger partial charge in [0, 0.05) is 13.1 Å². The highest BCUT2D eigenvalue weighted by atomic mass is 35.5. The molecule has 3 heteroatoms. The minimum atomic E-state index is 0. The van der Waals surface area contributed by atoms with Crippen LogP contribution in [0.15, 0.2) is 0 Å². The van der Waals surface area contributed by atoms with Gasteiger partial charge >= 0.3 is 0 Å². The normalized spacial score (nSPS) is 27.5. The van der Waals surface area contributed by atoms with Gasteiger partial charge in [-0.15, -0.1) is 12.4 Å². The highest BCUT2D eigenvalue weighted by Crippen LogP contribution is 2.26. The average molecular weight is 275 g/mol. The van der Waals surface area contributed by atoms with Gasteiger partial charge in [-0.25, -0.2) is 0 Å². The molecule has 2 rings (SSSR count). The van der Waals surface area contributed by atoms with Crippen molar-refractivity contribution in [3.05, 3.63) is 0 Å². The molecule has 1 saturated heterocycles. The van der Waals surface area contributed by atoms with E-state index in [1.165, 1.54) is 77.4 Å². The molecule has 1 atom stereocenters. The van der Waals surface area contributed by atoms with E-state index in [1.54, 1.807) is 0 Å². The molecule has 1 aliphatic carbocycles. The smallest absolute Gasteiger partial charge is 0.00103 e. The molecule has 0 aromatic rings. The summed E-state index contributed by atoms with van der Waals surface area (Å²) in [6.07, 6.45) is 12.9. The zero-order chi connectivity index (χ0) is 11.9. The predicted octanol–water partition coefficient (Wildman–Crippen LogP) is 3.44. The van der Waals surface area contributed by atoms with Gasteiger partial charge in [-0.2, -0.15) is 0 Å². The Morgan fingerprint density at radius 2 is 1.56 bits per heavy atom. The molecular weight excluding hydrogens is 244 g/mol. The lowest BCUT2D eigenvalue weighted by atomic mass is 9.92. The molecule has 0 amide bonds. The number of nitrogens with zero attached hydrogens (tertiary/aromatic N) is 1. The van der Waals surface area contributed by atoms with E-state index in [9.17, 15) is 0 Å². The molecule has 0 aromatic carbocycles. The maximum absolute atomic E-state index is 5.69. The van der Waals surface area contributed by atoms with Crippen LogP contribution in [0.5, 0.6) is 0 Å². The third kappa shape index (κ3) is 5.46. The summed E-state index contributed by atoms with van der Waals surface area (Å²) in [6.45, 7) is 4.92. The van der Waals surface area contributed by atoms with Crippen LogP contribution in [0.2, 0.25) is 0 Å². The lowest BCUT2D eigenvalue weighted by Gasteiger charge is -2.34. The van der Waals surface area contributed by atoms with Crippen molar-refractivity contribution in [3.63, 3.8) is 0 Å². The molecule has 1 heterocycles. The fraction of sp³-hybridized carbons (Fsp3) is 1.00. The van der Waals surface area contributed by atoms with Crippen LogP contribution < -0.4 is 5.73 Å². The third-order valence-corrected chi connectivity index (χ3v) is 4.67. The molecule has 18 heavy (non-hydrogen) atoms. The van der Waals surface area contributed by atoms with Crippen LogP contribution in [0.4, 0.5) is 0 Å². The molecular formula is C15H31ClN2. The monoisotopic (exact) mass is 274 g/mol. The molecule has 2 N–H and O–H groups in total. The van der Waals surface area contributed by atoms with Crippen molar-refractivity contribution < 1.29 is 0 Å². The summed E-state index contributed by atoms with van der Waals surface area (Å²) in [5.41, 5.74) is 5.69. The Kier molecular flexibility index (Phi) is 8.28. The molecule has 0 bridgehead atoms. The number of nitrogens with two attached hydrogens (primary N) is 1. The van der Waals surface area contributed by atoms with E-state index in [0.717, 1.165) is 18.4 Å². The number of likely N-dealkylation sites (tertiary alicyclic amines) is 1. The van der Waals surface area contributed by atoms with E-state index >= 15 is 0 Å². The Bertz CT molecular complexity index is 201. The first-order chi connectivity index (χ1) is 8.38. The summed E-state index contributed by atoms with van der Waals surface area (Å²) in [7, 11) is 0. The van der Waals surface area contributed by atoms with Crippen molar-refractivity contribution in [2.24, 2.45) is 17.6 Å². The molecule has 1 aliphatic heterocycles. The Hall–Kier alpha value is 0.210. The second-order valence-electron chi connectivity index (χ2n) is 6.20. The van der Waals surface area contributed by atoms with Crippen LogP contribution in [0.1, 0.15) is 57.8 Å². The molecule has 0 aromatic heterocycles. The summed E-state index contributed by atoms with van der Waals surface area (Å²) in [5, 5.41) is 0. The summed E-state index contributed by atoms with van der Waals surface area (Å²) < 4.78 is 0. The van der Waals surface area contributed by atoms with E-state index in [1.807, 2.05) is 0 Å². The first-order valence-corrected chi connectivity index (χ1v) is 7.81. The number of rotatable bonds is 4. The zero-order valence-corrected chi connectivity index (χ0v) is 12.6. The van der Waals surface area contributed by atoms with Crippen molar-refractivity contribution in [3.8, 4) is 0 Å². The standard InChI is InChI=1S/C15H30N2.ClH/c16-10-9-15-8-5-11-17(13-15)12-14-6-3-1-2-4-7-14;/h14-15H,1-13,16H2;1H. The summed E-state index contributed by atoms with van der Waals surface area (Å²) >= 11 is 0. The largest absolute Gasteiger partial charge is 0.330 e. The van der Waals surface area contributed by atoms with Crippen LogP contribution in [0.25, 0.3) is 0 Å². The molecule has 0 spiro atoms. The summed E-state index contributed by atoms with van der Waals surface area (Å²) in [6, 6.07) is 0. The van der Waals surface area contributed by atoms with Gasteiger partial charge in [0.1, 0.15) is 0 Å². The van der Waals surface area contributed by atoms with E-state index in [0.29, 0.717) is 0 Å². The van der Waals surface area contributed by atoms with Gasteiger partial charge < -0.3 is 10.6 Å². The van der Waals surface area contributed by atoms with Crippen molar-refractivity contribution in [1.82, 2.24) is 4.90 Å². The van der Waals surface area contributed by atoms with E-state index in [-0.39, 0.29) is 12.4 Å². The SMILES string of the molecule is Cl.NCCC1CCCN(CC2CCCCCC2)C1. The van der Waals surface area contributed by atoms with E-state index < -0.39 is 0 Å². The maximum atomic E-state index is 5.69. The van der Waals surface area contributed by atoms with Gasteiger partial charge in [0.05, 0.1) is 0 Å². The predicted molar refractivity (Wildman–Crippen MR) is 81.3 cm³/mol. The van der Waals surface area contributed by atoms with E-state index in [2.05, 4.69) is 4.90 Å². The molecule has 2 nitrogen and oxygen atoms in total. The fourth-order valence-corrected chi connectivity index (χ4v) is 3.70. The minimum absolute atomic E-state index is 0. The first-order valence-electron chi connectivity index (χ1n) is 7.81. The second-order valence-corrected chi connectivity index (χ2v) is 6.20. The van der Waals surface area contributed by atoms with Gasteiger partial charge in [0.2, 0.25) is 0 Å². The number of piperidine rings is 1. The summed E-state index contributed by atoms with van der Waals surface area (Å²) in [5.74, 6) is 1.88. The zero-order valence-electron chi connectivity index (χ0n) is 11.8. The fourth-order valence-electron chi connectivity index (χ4n) is 3.70. The molecule has 2 aliphatic rings. The second kappa shape index (κ2) is 9.17. The number of hydrogen-bond donors (Lipinski definition) is 1.